The molecule has 0 bridgehead atoms. The van der Waals surface area contributed by atoms with E-state index in [-0.39, 0.29) is 22.6 Å². The number of benzene rings is 2. The van der Waals surface area contributed by atoms with E-state index in [1.54, 1.807) is 25.1 Å². The van der Waals surface area contributed by atoms with Gasteiger partial charge in [0.1, 0.15) is 17.1 Å². The number of aliphatic carboxylic acids is 1. The molecule has 1 N–H and O–H groups in total. The van der Waals surface area contributed by atoms with Crippen molar-refractivity contribution in [1.29, 1.82) is 0 Å². The summed E-state index contributed by atoms with van der Waals surface area (Å²) in [5, 5.41) is 10.1. The summed E-state index contributed by atoms with van der Waals surface area (Å²) < 4.78 is 32.2. The van der Waals surface area contributed by atoms with Gasteiger partial charge in [-0.25, -0.2) is 9.18 Å². The van der Waals surface area contributed by atoms with E-state index in [0.717, 1.165) is 0 Å². The van der Waals surface area contributed by atoms with Crippen molar-refractivity contribution in [2.45, 2.75) is 18.7 Å². The van der Waals surface area contributed by atoms with Gasteiger partial charge in [-0.15, -0.1) is 0 Å². The lowest BCUT2D eigenvalue weighted by Crippen LogP contribution is -2.52. The number of hydrogen-bond acceptors (Lipinski definition) is 5. The molecular weight excluding hydrogens is 355 g/mol. The highest BCUT2D eigenvalue weighted by atomic mass is 19.1. The number of rotatable bonds is 3. The van der Waals surface area contributed by atoms with Crippen LogP contribution in [0.1, 0.15) is 27.6 Å². The summed E-state index contributed by atoms with van der Waals surface area (Å²) >= 11 is 0. The second-order valence-corrected chi connectivity index (χ2v) is 6.32. The third-order valence-corrected chi connectivity index (χ3v) is 4.78. The van der Waals surface area contributed by atoms with Gasteiger partial charge in [-0.3, -0.25) is 4.79 Å². The Bertz CT molecular complexity index is 1090. The van der Waals surface area contributed by atoms with Crippen LogP contribution in [0.2, 0.25) is 0 Å². The van der Waals surface area contributed by atoms with Crippen molar-refractivity contribution in [3.05, 3.63) is 59.4 Å². The maximum Gasteiger partial charge on any atom is 0.354 e. The molecule has 0 amide bonds. The Morgan fingerprint density at radius 1 is 1.26 bits per heavy atom. The number of halogens is 1. The fraction of sp³-hybridized carbons (Fsp3) is 0.200. The lowest BCUT2D eigenvalue weighted by molar-refractivity contribution is -0.154. The summed E-state index contributed by atoms with van der Waals surface area (Å²) in [7, 11) is 1.37. The first kappa shape index (κ1) is 17.1. The topological polar surface area (TPSA) is 86.0 Å². The highest BCUT2D eigenvalue weighted by molar-refractivity contribution is 6.19. The molecule has 1 aliphatic rings. The van der Waals surface area contributed by atoms with Crippen molar-refractivity contribution >= 4 is 22.7 Å². The Hall–Kier alpha value is -3.35. The predicted octanol–water partition coefficient (Wildman–Crippen LogP) is 3.86. The minimum Gasteiger partial charge on any atom is -0.496 e. The second-order valence-electron chi connectivity index (χ2n) is 6.32. The molecule has 2 atom stereocenters. The summed E-state index contributed by atoms with van der Waals surface area (Å²) in [5.74, 6) is -2.76. The summed E-state index contributed by atoms with van der Waals surface area (Å²) in [6.07, 6.45) is -0.225. The van der Waals surface area contributed by atoms with Crippen LogP contribution in [0.25, 0.3) is 11.0 Å². The van der Waals surface area contributed by atoms with Gasteiger partial charge < -0.3 is 19.0 Å². The quantitative estimate of drug-likeness (QED) is 0.705. The number of carbonyl (C=O) groups is 2. The molecule has 0 saturated carbocycles. The fourth-order valence-corrected chi connectivity index (χ4v) is 3.43. The third kappa shape index (κ3) is 2.24. The molecule has 1 aliphatic heterocycles. The molecule has 0 fully saturated rings. The van der Waals surface area contributed by atoms with Gasteiger partial charge in [0, 0.05) is 5.56 Å². The Kier molecular flexibility index (Phi) is 3.69. The van der Waals surface area contributed by atoms with Crippen LogP contribution < -0.4 is 9.47 Å². The van der Waals surface area contributed by atoms with Crippen molar-refractivity contribution < 1.29 is 33.0 Å². The maximum absolute atomic E-state index is 15.7. The molecule has 0 spiro atoms. The van der Waals surface area contributed by atoms with E-state index in [1.807, 2.05) is 0 Å². The van der Waals surface area contributed by atoms with Crippen LogP contribution in [0.5, 0.6) is 11.5 Å². The number of carboxylic acid groups (broad SMARTS) is 1. The number of ether oxygens (including phenoxy) is 2. The number of para-hydroxylation sites is 1. The lowest BCUT2D eigenvalue weighted by Gasteiger charge is -2.35. The number of carboxylic acids is 1. The number of fused-ring (bicyclic) bond motifs is 3. The zero-order valence-electron chi connectivity index (χ0n) is 14.5. The van der Waals surface area contributed by atoms with Crippen LogP contribution in [-0.2, 0) is 4.79 Å². The van der Waals surface area contributed by atoms with Crippen LogP contribution >= 0.6 is 0 Å². The molecule has 3 aromatic rings. The molecule has 0 radical (unpaired) electrons. The van der Waals surface area contributed by atoms with E-state index < -0.39 is 23.5 Å². The van der Waals surface area contributed by atoms with Gasteiger partial charge in [0.05, 0.1) is 24.3 Å². The molecule has 0 aliphatic carbocycles. The van der Waals surface area contributed by atoms with E-state index in [2.05, 4.69) is 0 Å². The van der Waals surface area contributed by atoms with E-state index in [9.17, 15) is 14.7 Å². The minimum absolute atomic E-state index is 0.106. The van der Waals surface area contributed by atoms with Crippen molar-refractivity contribution in [2.24, 2.45) is 0 Å². The standard InChI is InChI=1S/C20H15FO6/c1-10-9-26-14-8-7-12-16(15(10)14)27-18(20(21,17(12)22)19(23)24)11-5-3-4-6-13(11)25-2/h3-9,18H,1-2H3,(H,23,24). The third-order valence-electron chi connectivity index (χ3n) is 4.78. The van der Waals surface area contributed by atoms with Gasteiger partial charge in [0.15, 0.2) is 6.10 Å². The van der Waals surface area contributed by atoms with Gasteiger partial charge >= 0.3 is 11.6 Å². The average molecular weight is 370 g/mol. The summed E-state index contributed by atoms with van der Waals surface area (Å²) in [6.45, 7) is 1.76. The minimum atomic E-state index is -3.30. The SMILES string of the molecule is COc1ccccc1C1Oc2c(ccc3occ(C)c23)C(=O)C1(F)C(=O)O. The maximum atomic E-state index is 15.7. The van der Waals surface area contributed by atoms with Crippen LogP contribution in [0.4, 0.5) is 4.39 Å². The lowest BCUT2D eigenvalue weighted by atomic mass is 9.82. The molecule has 2 unspecified atom stereocenters. The van der Waals surface area contributed by atoms with Gasteiger partial charge in [0.25, 0.3) is 0 Å². The molecule has 7 heteroatoms. The van der Waals surface area contributed by atoms with E-state index in [1.165, 1.54) is 31.6 Å². The van der Waals surface area contributed by atoms with Gasteiger partial charge in [-0.1, -0.05) is 18.2 Å². The number of ketones is 1. The number of hydrogen-bond donors (Lipinski definition) is 1. The van der Waals surface area contributed by atoms with E-state index in [0.29, 0.717) is 16.5 Å². The molecule has 27 heavy (non-hydrogen) atoms. The highest BCUT2D eigenvalue weighted by Gasteiger charge is 2.60. The molecule has 6 nitrogen and oxygen atoms in total. The first-order valence-corrected chi connectivity index (χ1v) is 8.17. The Balaban J connectivity index is 2.02. The zero-order valence-corrected chi connectivity index (χ0v) is 14.5. The van der Waals surface area contributed by atoms with Crippen molar-refractivity contribution in [3.63, 3.8) is 0 Å². The molecule has 1 aromatic heterocycles. The van der Waals surface area contributed by atoms with Crippen molar-refractivity contribution in [2.75, 3.05) is 7.11 Å². The smallest absolute Gasteiger partial charge is 0.354 e. The Morgan fingerprint density at radius 2 is 2.00 bits per heavy atom. The Morgan fingerprint density at radius 3 is 2.70 bits per heavy atom. The predicted molar refractivity (Wildman–Crippen MR) is 93.1 cm³/mol. The molecule has 4 rings (SSSR count). The molecule has 2 heterocycles. The molecule has 138 valence electrons. The summed E-state index contributed by atoms with van der Waals surface area (Å²) in [5.41, 5.74) is -2.16. The second kappa shape index (κ2) is 5.84. The van der Waals surface area contributed by atoms with Crippen LogP contribution in [0, 0.1) is 6.92 Å². The van der Waals surface area contributed by atoms with E-state index >= 15 is 4.39 Å². The largest absolute Gasteiger partial charge is 0.496 e. The van der Waals surface area contributed by atoms with E-state index in [4.69, 9.17) is 13.9 Å². The molecular formula is C20H15FO6. The van der Waals surface area contributed by atoms with Crippen LogP contribution in [0.3, 0.4) is 0 Å². The zero-order chi connectivity index (χ0) is 19.3. The number of aryl methyl sites for hydroxylation is 1. The Labute approximate surface area is 153 Å². The normalized spacial score (nSPS) is 21.6. The average Bonchev–Trinajstić information content (AvgIpc) is 3.05. The number of carbonyl (C=O) groups excluding carboxylic acids is 1. The van der Waals surface area contributed by atoms with Crippen molar-refractivity contribution in [3.8, 4) is 11.5 Å². The van der Waals surface area contributed by atoms with Gasteiger partial charge in [-0.05, 0) is 30.7 Å². The number of methoxy groups -OCH3 is 1. The molecule has 0 saturated heterocycles. The van der Waals surface area contributed by atoms with Crippen molar-refractivity contribution in [1.82, 2.24) is 0 Å². The first-order valence-electron chi connectivity index (χ1n) is 8.17. The first-order chi connectivity index (χ1) is 12.9. The molecule has 2 aromatic carbocycles. The number of furan rings is 1. The summed E-state index contributed by atoms with van der Waals surface area (Å²) in [4.78, 5) is 24.8. The van der Waals surface area contributed by atoms with Crippen LogP contribution in [0.15, 0.2) is 47.1 Å². The van der Waals surface area contributed by atoms with Gasteiger partial charge in [0.2, 0.25) is 5.78 Å². The fourth-order valence-electron chi connectivity index (χ4n) is 3.43. The highest BCUT2D eigenvalue weighted by Crippen LogP contribution is 2.49. The summed E-state index contributed by atoms with van der Waals surface area (Å²) in [6, 6.07) is 9.08. The van der Waals surface area contributed by atoms with Crippen LogP contribution in [-0.4, -0.2) is 29.6 Å². The monoisotopic (exact) mass is 370 g/mol. The number of alkyl halides is 1. The van der Waals surface area contributed by atoms with Gasteiger partial charge in [-0.2, -0.15) is 0 Å². The number of Topliss-reactive ketones (excluding diaryl/α,β-unsaturated/α-hetero) is 1.